The van der Waals surface area contributed by atoms with E-state index in [9.17, 15) is 9.59 Å². The molecule has 0 aliphatic heterocycles. The number of esters is 2. The zero-order valence-electron chi connectivity index (χ0n) is 17.4. The molecule has 26 heavy (non-hydrogen) atoms. The third kappa shape index (κ3) is 3.18. The molecule has 4 heteroatoms. The fourth-order valence-electron chi connectivity index (χ4n) is 6.21. The summed E-state index contributed by atoms with van der Waals surface area (Å²) < 4.78 is 11.2. The molecular weight excluding hydrogens is 328 g/mol. The quantitative estimate of drug-likeness (QED) is 0.638. The maximum atomic E-state index is 12.5. The van der Waals surface area contributed by atoms with Crippen molar-refractivity contribution in [2.45, 2.75) is 85.7 Å². The molecule has 0 amide bonds. The molecule has 4 aliphatic carbocycles. The molecule has 0 heterocycles. The van der Waals surface area contributed by atoms with Gasteiger partial charge < -0.3 is 9.47 Å². The van der Waals surface area contributed by atoms with Gasteiger partial charge in [-0.3, -0.25) is 4.79 Å². The van der Waals surface area contributed by atoms with E-state index in [0.29, 0.717) is 12.3 Å². The molecule has 0 N–H and O–H groups in total. The van der Waals surface area contributed by atoms with Crippen LogP contribution in [0.3, 0.4) is 0 Å². The molecule has 4 rings (SSSR count). The summed E-state index contributed by atoms with van der Waals surface area (Å²) in [6, 6.07) is 0. The van der Waals surface area contributed by atoms with Crippen molar-refractivity contribution in [2.75, 3.05) is 6.61 Å². The maximum absolute atomic E-state index is 12.5. The molecule has 3 unspecified atom stereocenters. The maximum Gasteiger partial charge on any atom is 0.344 e. The van der Waals surface area contributed by atoms with Gasteiger partial charge in [-0.1, -0.05) is 13.8 Å². The molecule has 4 saturated carbocycles. The van der Waals surface area contributed by atoms with Gasteiger partial charge in [-0.2, -0.15) is 0 Å². The van der Waals surface area contributed by atoms with E-state index in [1.165, 1.54) is 32.1 Å². The highest BCUT2D eigenvalue weighted by Gasteiger charge is 2.62. The monoisotopic (exact) mass is 364 g/mol. The number of hydrogen-bond acceptors (Lipinski definition) is 4. The van der Waals surface area contributed by atoms with E-state index in [4.69, 9.17) is 9.47 Å². The molecule has 0 aromatic heterocycles. The second-order valence-electron chi connectivity index (χ2n) is 10.4. The molecule has 0 spiro atoms. The number of ether oxygens (including phenoxy) is 2. The van der Waals surface area contributed by atoms with Crippen molar-refractivity contribution in [3.63, 3.8) is 0 Å². The number of carbonyl (C=O) groups is 2. The Morgan fingerprint density at radius 1 is 1.04 bits per heavy atom. The molecule has 4 nitrogen and oxygen atoms in total. The molecule has 0 aromatic rings. The van der Waals surface area contributed by atoms with Crippen molar-refractivity contribution in [2.24, 2.45) is 34.5 Å². The first kappa shape index (κ1) is 19.7. The summed E-state index contributed by atoms with van der Waals surface area (Å²) in [4.78, 5) is 24.6. The Balaban J connectivity index is 1.65. The minimum atomic E-state index is -0.565. The summed E-state index contributed by atoms with van der Waals surface area (Å²) in [6.07, 6.45) is 7.09. The summed E-state index contributed by atoms with van der Waals surface area (Å²) >= 11 is 0. The third-order valence-corrected chi connectivity index (χ3v) is 8.15. The van der Waals surface area contributed by atoms with E-state index >= 15 is 0 Å². The van der Waals surface area contributed by atoms with Crippen LogP contribution in [0.4, 0.5) is 0 Å². The van der Waals surface area contributed by atoms with Gasteiger partial charge in [0, 0.05) is 5.41 Å². The van der Waals surface area contributed by atoms with Gasteiger partial charge in [0.25, 0.3) is 0 Å². The van der Waals surface area contributed by atoms with E-state index < -0.39 is 17.0 Å². The Kier molecular flexibility index (Phi) is 4.94. The molecule has 0 aromatic carbocycles. The SMILES string of the molecule is CCC(C)(C)C(=O)OCC(=O)OC(C)(C)C12CC3CC(CC(C3)C1C)C2. The lowest BCUT2D eigenvalue weighted by molar-refractivity contribution is -0.221. The normalized spacial score (nSPS) is 36.1. The summed E-state index contributed by atoms with van der Waals surface area (Å²) in [5, 5.41) is 0. The van der Waals surface area contributed by atoms with Gasteiger partial charge in [0.05, 0.1) is 5.41 Å². The summed E-state index contributed by atoms with van der Waals surface area (Å²) in [6.45, 7) is 11.8. The van der Waals surface area contributed by atoms with Crippen molar-refractivity contribution in [1.29, 1.82) is 0 Å². The number of rotatable bonds is 6. The van der Waals surface area contributed by atoms with Crippen molar-refractivity contribution in [3.05, 3.63) is 0 Å². The zero-order chi connectivity index (χ0) is 19.3. The molecule has 4 aliphatic rings. The van der Waals surface area contributed by atoms with Gasteiger partial charge in [0.15, 0.2) is 6.61 Å². The largest absolute Gasteiger partial charge is 0.457 e. The number of carbonyl (C=O) groups excluding carboxylic acids is 2. The van der Waals surface area contributed by atoms with Gasteiger partial charge in [-0.05, 0) is 89.9 Å². The van der Waals surface area contributed by atoms with E-state index in [-0.39, 0.29) is 18.0 Å². The van der Waals surface area contributed by atoms with Crippen LogP contribution in [-0.2, 0) is 19.1 Å². The lowest BCUT2D eigenvalue weighted by atomic mass is 9.42. The summed E-state index contributed by atoms with van der Waals surface area (Å²) in [7, 11) is 0. The third-order valence-electron chi connectivity index (χ3n) is 8.15. The van der Waals surface area contributed by atoms with Gasteiger partial charge in [0.1, 0.15) is 5.60 Å². The van der Waals surface area contributed by atoms with Gasteiger partial charge in [-0.25, -0.2) is 4.79 Å². The summed E-state index contributed by atoms with van der Waals surface area (Å²) in [5.41, 5.74) is -1.01. The topological polar surface area (TPSA) is 52.6 Å². The molecule has 4 fully saturated rings. The molecule has 0 radical (unpaired) electrons. The van der Waals surface area contributed by atoms with Crippen molar-refractivity contribution in [1.82, 2.24) is 0 Å². The Morgan fingerprint density at radius 3 is 2.15 bits per heavy atom. The van der Waals surface area contributed by atoms with Gasteiger partial charge >= 0.3 is 11.9 Å². The van der Waals surface area contributed by atoms with Crippen LogP contribution in [0.15, 0.2) is 0 Å². The Hall–Kier alpha value is -1.06. The molecule has 0 saturated heterocycles. The fraction of sp³-hybridized carbons (Fsp3) is 0.909. The predicted octanol–water partition coefficient (Wildman–Crippen LogP) is 4.75. The Morgan fingerprint density at radius 2 is 1.62 bits per heavy atom. The van der Waals surface area contributed by atoms with Crippen molar-refractivity contribution < 1.29 is 19.1 Å². The molecule has 3 atom stereocenters. The average Bonchev–Trinajstić information content (AvgIpc) is 2.56. The highest BCUT2D eigenvalue weighted by Crippen LogP contribution is 2.66. The zero-order valence-corrected chi connectivity index (χ0v) is 17.4. The van der Waals surface area contributed by atoms with E-state index in [2.05, 4.69) is 20.8 Å². The first-order valence-corrected chi connectivity index (χ1v) is 10.4. The minimum Gasteiger partial charge on any atom is -0.457 e. The van der Waals surface area contributed by atoms with Crippen LogP contribution in [0.5, 0.6) is 0 Å². The van der Waals surface area contributed by atoms with Gasteiger partial charge in [-0.15, -0.1) is 0 Å². The summed E-state index contributed by atoms with van der Waals surface area (Å²) in [5.74, 6) is 2.20. The predicted molar refractivity (Wildman–Crippen MR) is 100 cm³/mol. The standard InChI is InChI=1S/C22H36O4/c1-7-20(3,4)19(24)25-13-18(23)26-21(5,6)22-11-15-8-16(12-22)10-17(9-15)14(22)2/h14-17H,7-13H2,1-6H3. The van der Waals surface area contributed by atoms with E-state index in [0.717, 1.165) is 17.8 Å². The Bertz CT molecular complexity index is 563. The first-order valence-electron chi connectivity index (χ1n) is 10.4. The fourth-order valence-corrected chi connectivity index (χ4v) is 6.21. The van der Waals surface area contributed by atoms with Gasteiger partial charge in [0.2, 0.25) is 0 Å². The van der Waals surface area contributed by atoms with Crippen molar-refractivity contribution in [3.8, 4) is 0 Å². The van der Waals surface area contributed by atoms with Crippen LogP contribution in [0.1, 0.15) is 80.1 Å². The lowest BCUT2D eigenvalue weighted by Gasteiger charge is -2.65. The lowest BCUT2D eigenvalue weighted by Crippen LogP contribution is -2.61. The smallest absolute Gasteiger partial charge is 0.344 e. The minimum absolute atomic E-state index is 0.0735. The highest BCUT2D eigenvalue weighted by atomic mass is 16.6. The molecule has 148 valence electrons. The Labute approximate surface area is 158 Å². The van der Waals surface area contributed by atoms with Crippen LogP contribution in [0.2, 0.25) is 0 Å². The van der Waals surface area contributed by atoms with Crippen LogP contribution in [0.25, 0.3) is 0 Å². The van der Waals surface area contributed by atoms with Crippen LogP contribution < -0.4 is 0 Å². The first-order chi connectivity index (χ1) is 12.0. The van der Waals surface area contributed by atoms with Crippen LogP contribution in [-0.4, -0.2) is 24.1 Å². The van der Waals surface area contributed by atoms with Crippen LogP contribution >= 0.6 is 0 Å². The van der Waals surface area contributed by atoms with Crippen molar-refractivity contribution >= 4 is 11.9 Å². The van der Waals surface area contributed by atoms with Crippen LogP contribution in [0, 0.1) is 34.5 Å². The van der Waals surface area contributed by atoms with E-state index in [1.807, 2.05) is 20.8 Å². The second-order valence-corrected chi connectivity index (χ2v) is 10.4. The number of hydrogen-bond donors (Lipinski definition) is 0. The molecule has 4 bridgehead atoms. The second kappa shape index (κ2) is 6.53. The average molecular weight is 365 g/mol. The molecular formula is C22H36O4. The van der Waals surface area contributed by atoms with E-state index in [1.54, 1.807) is 0 Å². The highest BCUT2D eigenvalue weighted by molar-refractivity contribution is 5.80.